The Hall–Kier alpha value is -1.25. The molecule has 0 heterocycles. The van der Waals surface area contributed by atoms with Gasteiger partial charge in [0.2, 0.25) is 0 Å². The molecule has 0 saturated heterocycles. The lowest BCUT2D eigenvalue weighted by Crippen LogP contribution is -2.21. The third-order valence-corrected chi connectivity index (χ3v) is 2.80. The summed E-state index contributed by atoms with van der Waals surface area (Å²) in [7, 11) is 0. The summed E-state index contributed by atoms with van der Waals surface area (Å²) in [4.78, 5) is 10.9. The van der Waals surface area contributed by atoms with Gasteiger partial charge in [-0.3, -0.25) is 0 Å². The minimum Gasteiger partial charge on any atom is -0.300 e. The summed E-state index contributed by atoms with van der Waals surface area (Å²) in [5.41, 5.74) is 0.826. The van der Waals surface area contributed by atoms with Crippen molar-refractivity contribution < 1.29 is 13.6 Å². The summed E-state index contributed by atoms with van der Waals surface area (Å²) in [6, 6.07) is 6.35. The Labute approximate surface area is 101 Å². The van der Waals surface area contributed by atoms with Crippen LogP contribution in [0.15, 0.2) is 24.3 Å². The molecule has 0 aromatic heterocycles. The molecule has 0 aliphatic heterocycles. The van der Waals surface area contributed by atoms with E-state index in [4.69, 9.17) is 0 Å². The molecule has 0 radical (unpaired) electrons. The van der Waals surface area contributed by atoms with E-state index in [0.29, 0.717) is 12.8 Å². The van der Waals surface area contributed by atoms with E-state index in [1.54, 1.807) is 12.1 Å². The molecule has 17 heavy (non-hydrogen) atoms. The van der Waals surface area contributed by atoms with E-state index in [-0.39, 0.29) is 11.3 Å². The van der Waals surface area contributed by atoms with E-state index in [2.05, 4.69) is 0 Å². The van der Waals surface area contributed by atoms with Crippen LogP contribution >= 0.6 is 0 Å². The molecule has 0 aliphatic carbocycles. The van der Waals surface area contributed by atoms with Crippen molar-refractivity contribution in [1.29, 1.82) is 0 Å². The Bertz CT molecular complexity index is 397. The van der Waals surface area contributed by atoms with Crippen molar-refractivity contribution in [2.75, 3.05) is 0 Å². The zero-order valence-electron chi connectivity index (χ0n) is 10.5. The van der Waals surface area contributed by atoms with Crippen LogP contribution in [0, 0.1) is 5.92 Å². The lowest BCUT2D eigenvalue weighted by Gasteiger charge is -2.21. The molecular formula is C14H18F2O. The minimum atomic E-state index is -2.81. The Balaban J connectivity index is 2.89. The Morgan fingerprint density at radius 2 is 2.00 bits per heavy atom. The standard InChI is InChI=1S/C14H18F2O/c1-10(2)14(15,16)13-6-4-5-12(9-13)8-7-11(3)17/h4-6,9-10H,7-8H2,1-3H3. The van der Waals surface area contributed by atoms with E-state index < -0.39 is 11.8 Å². The molecule has 1 nitrogen and oxygen atoms in total. The highest BCUT2D eigenvalue weighted by molar-refractivity contribution is 5.75. The highest BCUT2D eigenvalue weighted by Gasteiger charge is 2.35. The van der Waals surface area contributed by atoms with Gasteiger partial charge in [-0.05, 0) is 25.0 Å². The lowest BCUT2D eigenvalue weighted by molar-refractivity contribution is -0.116. The largest absolute Gasteiger partial charge is 0.300 e. The zero-order valence-corrected chi connectivity index (χ0v) is 10.5. The van der Waals surface area contributed by atoms with Gasteiger partial charge in [-0.1, -0.05) is 32.0 Å². The molecule has 1 aromatic carbocycles. The van der Waals surface area contributed by atoms with Crippen LogP contribution in [0.5, 0.6) is 0 Å². The summed E-state index contributed by atoms with van der Waals surface area (Å²) in [5, 5.41) is 0. The molecule has 0 bridgehead atoms. The van der Waals surface area contributed by atoms with Gasteiger partial charge in [0.1, 0.15) is 5.78 Å². The number of aryl methyl sites for hydroxylation is 1. The SMILES string of the molecule is CC(=O)CCc1cccc(C(F)(F)C(C)C)c1. The number of carbonyl (C=O) groups is 1. The Morgan fingerprint density at radius 1 is 1.35 bits per heavy atom. The molecule has 0 aliphatic rings. The lowest BCUT2D eigenvalue weighted by atomic mass is 9.95. The van der Waals surface area contributed by atoms with Gasteiger partial charge in [0.05, 0.1) is 0 Å². The van der Waals surface area contributed by atoms with Gasteiger partial charge in [-0.15, -0.1) is 0 Å². The average molecular weight is 240 g/mol. The molecule has 0 saturated carbocycles. The quantitative estimate of drug-likeness (QED) is 0.761. The van der Waals surface area contributed by atoms with Crippen molar-refractivity contribution in [1.82, 2.24) is 0 Å². The summed E-state index contributed by atoms with van der Waals surface area (Å²) < 4.78 is 27.6. The molecular weight excluding hydrogens is 222 g/mol. The first-order valence-electron chi connectivity index (χ1n) is 5.80. The zero-order chi connectivity index (χ0) is 13.1. The maximum atomic E-state index is 13.8. The fourth-order valence-corrected chi connectivity index (χ4v) is 1.59. The predicted molar refractivity (Wildman–Crippen MR) is 64.2 cm³/mol. The topological polar surface area (TPSA) is 17.1 Å². The van der Waals surface area contributed by atoms with Gasteiger partial charge in [0, 0.05) is 17.9 Å². The molecule has 0 spiro atoms. The van der Waals surface area contributed by atoms with Crippen LogP contribution in [0.2, 0.25) is 0 Å². The van der Waals surface area contributed by atoms with Crippen LogP contribution < -0.4 is 0 Å². The first-order valence-corrected chi connectivity index (χ1v) is 5.80. The Kier molecular flexibility index (Phi) is 4.38. The number of carbonyl (C=O) groups excluding carboxylic acids is 1. The number of hydrogen-bond donors (Lipinski definition) is 0. The van der Waals surface area contributed by atoms with Crippen LogP contribution in [0.1, 0.15) is 38.3 Å². The number of hydrogen-bond acceptors (Lipinski definition) is 1. The van der Waals surface area contributed by atoms with Crippen LogP contribution in [0.4, 0.5) is 8.78 Å². The number of halogens is 2. The normalized spacial score (nSPS) is 11.9. The molecule has 0 atom stereocenters. The second kappa shape index (κ2) is 5.39. The average Bonchev–Trinajstić information content (AvgIpc) is 2.26. The van der Waals surface area contributed by atoms with Gasteiger partial charge in [0.25, 0.3) is 5.92 Å². The van der Waals surface area contributed by atoms with Crippen LogP contribution in [-0.2, 0) is 17.1 Å². The van der Waals surface area contributed by atoms with Gasteiger partial charge < -0.3 is 4.79 Å². The van der Waals surface area contributed by atoms with Crippen molar-refractivity contribution in [2.45, 2.75) is 39.5 Å². The number of benzene rings is 1. The number of alkyl halides is 2. The monoisotopic (exact) mass is 240 g/mol. The van der Waals surface area contributed by atoms with Crippen molar-refractivity contribution in [3.05, 3.63) is 35.4 Å². The highest BCUT2D eigenvalue weighted by atomic mass is 19.3. The van der Waals surface area contributed by atoms with Crippen molar-refractivity contribution in [2.24, 2.45) is 5.92 Å². The smallest absolute Gasteiger partial charge is 0.275 e. The maximum absolute atomic E-state index is 13.8. The van der Waals surface area contributed by atoms with Gasteiger partial charge >= 0.3 is 0 Å². The summed E-state index contributed by atoms with van der Waals surface area (Å²) >= 11 is 0. The first-order chi connectivity index (χ1) is 7.84. The van der Waals surface area contributed by atoms with E-state index in [9.17, 15) is 13.6 Å². The van der Waals surface area contributed by atoms with Crippen molar-refractivity contribution >= 4 is 5.78 Å². The van der Waals surface area contributed by atoms with Gasteiger partial charge in [-0.2, -0.15) is 0 Å². The third kappa shape index (κ3) is 3.62. The number of ketones is 1. The van der Waals surface area contributed by atoms with Crippen molar-refractivity contribution in [3.63, 3.8) is 0 Å². The molecule has 94 valence electrons. The number of rotatable bonds is 5. The van der Waals surface area contributed by atoms with Crippen molar-refractivity contribution in [3.8, 4) is 0 Å². The second-order valence-corrected chi connectivity index (χ2v) is 4.68. The molecule has 0 fully saturated rings. The van der Waals surface area contributed by atoms with E-state index in [1.807, 2.05) is 0 Å². The molecule has 0 amide bonds. The molecule has 0 N–H and O–H groups in total. The minimum absolute atomic E-state index is 0.0357. The summed E-state index contributed by atoms with van der Waals surface area (Å²) in [6.45, 7) is 4.51. The molecule has 1 rings (SSSR count). The molecule has 1 aromatic rings. The van der Waals surface area contributed by atoms with Crippen LogP contribution in [0.3, 0.4) is 0 Å². The highest BCUT2D eigenvalue weighted by Crippen LogP contribution is 2.35. The van der Waals surface area contributed by atoms with E-state index in [1.165, 1.54) is 32.9 Å². The first kappa shape index (κ1) is 13.8. The maximum Gasteiger partial charge on any atom is 0.275 e. The number of Topliss-reactive ketones (excluding diaryl/α,β-unsaturated/α-hetero) is 1. The fourth-order valence-electron chi connectivity index (χ4n) is 1.59. The second-order valence-electron chi connectivity index (χ2n) is 4.68. The predicted octanol–water partition coefficient (Wildman–Crippen LogP) is 3.96. The fraction of sp³-hybridized carbons (Fsp3) is 0.500. The van der Waals surface area contributed by atoms with E-state index >= 15 is 0 Å². The van der Waals surface area contributed by atoms with Crippen LogP contribution in [0.25, 0.3) is 0 Å². The Morgan fingerprint density at radius 3 is 2.53 bits per heavy atom. The molecule has 0 unspecified atom stereocenters. The molecule has 3 heteroatoms. The van der Waals surface area contributed by atoms with Gasteiger partial charge in [-0.25, -0.2) is 8.78 Å². The van der Waals surface area contributed by atoms with E-state index in [0.717, 1.165) is 5.56 Å². The van der Waals surface area contributed by atoms with Crippen LogP contribution in [-0.4, -0.2) is 5.78 Å². The summed E-state index contributed by atoms with van der Waals surface area (Å²) in [6.07, 6.45) is 0.925. The third-order valence-electron chi connectivity index (χ3n) is 2.80. The van der Waals surface area contributed by atoms with Gasteiger partial charge in [0.15, 0.2) is 0 Å². The summed E-state index contributed by atoms with van der Waals surface area (Å²) in [5.74, 6) is -3.47.